The van der Waals surface area contributed by atoms with Gasteiger partial charge in [-0.2, -0.15) is 0 Å². The van der Waals surface area contributed by atoms with Crippen molar-refractivity contribution in [3.05, 3.63) is 60.2 Å². The van der Waals surface area contributed by atoms with Crippen molar-refractivity contribution in [2.24, 2.45) is 0 Å². The monoisotopic (exact) mass is 456 g/mol. The highest BCUT2D eigenvalue weighted by atomic mass is 19.1. The first-order chi connectivity index (χ1) is 16.0. The first kappa shape index (κ1) is 24.3. The van der Waals surface area contributed by atoms with E-state index in [4.69, 9.17) is 9.47 Å². The Bertz CT molecular complexity index is 947. The van der Waals surface area contributed by atoms with E-state index in [2.05, 4.69) is 10.3 Å². The number of hydrogen-bond acceptors (Lipinski definition) is 6. The van der Waals surface area contributed by atoms with E-state index in [1.807, 2.05) is 4.90 Å². The molecule has 0 spiro atoms. The third-order valence-electron chi connectivity index (χ3n) is 5.14. The lowest BCUT2D eigenvalue weighted by Crippen LogP contribution is -2.50. The molecule has 1 saturated heterocycles. The largest absolute Gasteiger partial charge is 0.453 e. The van der Waals surface area contributed by atoms with Crippen molar-refractivity contribution in [3.63, 3.8) is 0 Å². The SMILES string of the molecule is COCCCNC(=O)CN1CCN(C(=O)/C=C/c2ccc(Oc3cccnc3)c(F)c2)CC1. The molecule has 0 radical (unpaired) electrons. The van der Waals surface area contributed by atoms with Crippen LogP contribution in [0.4, 0.5) is 4.39 Å². The van der Waals surface area contributed by atoms with Crippen molar-refractivity contribution in [1.29, 1.82) is 0 Å². The number of methoxy groups -OCH3 is 1. The van der Waals surface area contributed by atoms with Crippen LogP contribution in [0.1, 0.15) is 12.0 Å². The van der Waals surface area contributed by atoms with Gasteiger partial charge in [0.15, 0.2) is 11.6 Å². The minimum Gasteiger partial charge on any atom is -0.453 e. The summed E-state index contributed by atoms with van der Waals surface area (Å²) >= 11 is 0. The Morgan fingerprint density at radius 1 is 1.21 bits per heavy atom. The van der Waals surface area contributed by atoms with Crippen LogP contribution in [0.5, 0.6) is 11.5 Å². The van der Waals surface area contributed by atoms with E-state index in [9.17, 15) is 14.0 Å². The number of nitrogens with one attached hydrogen (secondary N) is 1. The van der Waals surface area contributed by atoms with Crippen LogP contribution >= 0.6 is 0 Å². The number of amides is 2. The topological polar surface area (TPSA) is 84.0 Å². The maximum atomic E-state index is 14.4. The predicted molar refractivity (Wildman–Crippen MR) is 122 cm³/mol. The van der Waals surface area contributed by atoms with Crippen molar-refractivity contribution in [3.8, 4) is 11.5 Å². The highest BCUT2D eigenvalue weighted by Gasteiger charge is 2.21. The predicted octanol–water partition coefficient (Wildman–Crippen LogP) is 2.32. The van der Waals surface area contributed by atoms with E-state index in [1.54, 1.807) is 42.5 Å². The van der Waals surface area contributed by atoms with Gasteiger partial charge in [-0.15, -0.1) is 0 Å². The van der Waals surface area contributed by atoms with E-state index >= 15 is 0 Å². The summed E-state index contributed by atoms with van der Waals surface area (Å²) in [5.74, 6) is -0.163. The Morgan fingerprint density at radius 2 is 2.03 bits per heavy atom. The second kappa shape index (κ2) is 12.7. The molecule has 3 rings (SSSR count). The number of pyridine rings is 1. The van der Waals surface area contributed by atoms with E-state index in [-0.39, 0.29) is 17.6 Å². The minimum absolute atomic E-state index is 0.0243. The lowest BCUT2D eigenvalue weighted by molar-refractivity contribution is -0.128. The molecule has 0 saturated carbocycles. The molecule has 1 aliphatic heterocycles. The summed E-state index contributed by atoms with van der Waals surface area (Å²) in [6.45, 7) is 3.84. The van der Waals surface area contributed by atoms with Gasteiger partial charge in [0.05, 0.1) is 12.7 Å². The average Bonchev–Trinajstić information content (AvgIpc) is 2.83. The molecule has 1 N–H and O–H groups in total. The van der Waals surface area contributed by atoms with E-state index in [1.165, 1.54) is 24.4 Å². The van der Waals surface area contributed by atoms with Crippen LogP contribution in [0.25, 0.3) is 6.08 Å². The van der Waals surface area contributed by atoms with Crippen molar-refractivity contribution < 1.29 is 23.5 Å². The summed E-state index contributed by atoms with van der Waals surface area (Å²) in [6.07, 6.45) is 6.91. The third kappa shape index (κ3) is 7.96. The standard InChI is InChI=1S/C24H29FN4O4/c1-32-15-3-10-27-23(30)18-28-11-13-29(14-12-28)24(31)8-6-19-5-7-22(21(25)16-19)33-20-4-2-9-26-17-20/h2,4-9,16-17H,3,10-15,18H2,1H3,(H,27,30)/b8-6+. The minimum atomic E-state index is -0.525. The van der Waals surface area contributed by atoms with Crippen molar-refractivity contribution in [1.82, 2.24) is 20.1 Å². The highest BCUT2D eigenvalue weighted by Crippen LogP contribution is 2.24. The van der Waals surface area contributed by atoms with Crippen LogP contribution in [-0.2, 0) is 14.3 Å². The molecule has 9 heteroatoms. The zero-order chi connectivity index (χ0) is 23.5. The van der Waals surface area contributed by atoms with Crippen molar-refractivity contribution in [2.75, 3.05) is 53.0 Å². The molecular formula is C24H29FN4O4. The van der Waals surface area contributed by atoms with Crippen LogP contribution < -0.4 is 10.1 Å². The average molecular weight is 457 g/mol. The molecular weight excluding hydrogens is 427 g/mol. The molecule has 1 fully saturated rings. The molecule has 2 amide bonds. The second-order valence-corrected chi connectivity index (χ2v) is 7.61. The lowest BCUT2D eigenvalue weighted by atomic mass is 10.2. The van der Waals surface area contributed by atoms with Gasteiger partial charge < -0.3 is 19.7 Å². The Labute approximate surface area is 193 Å². The van der Waals surface area contributed by atoms with Crippen LogP contribution in [0, 0.1) is 5.82 Å². The molecule has 8 nitrogen and oxygen atoms in total. The number of piperazine rings is 1. The lowest BCUT2D eigenvalue weighted by Gasteiger charge is -2.33. The maximum Gasteiger partial charge on any atom is 0.246 e. The number of nitrogens with zero attached hydrogens (tertiary/aromatic N) is 3. The first-order valence-electron chi connectivity index (χ1n) is 10.9. The van der Waals surface area contributed by atoms with Gasteiger partial charge in [0, 0.05) is 58.7 Å². The number of halogens is 1. The fourth-order valence-electron chi connectivity index (χ4n) is 3.34. The smallest absolute Gasteiger partial charge is 0.246 e. The van der Waals surface area contributed by atoms with E-state index in [0.29, 0.717) is 57.2 Å². The van der Waals surface area contributed by atoms with E-state index < -0.39 is 5.82 Å². The van der Waals surface area contributed by atoms with Gasteiger partial charge in [-0.1, -0.05) is 6.07 Å². The normalized spacial score (nSPS) is 14.4. The molecule has 2 aromatic rings. The Hall–Kier alpha value is -3.30. The summed E-state index contributed by atoms with van der Waals surface area (Å²) in [6, 6.07) is 7.91. The number of carbonyl (C=O) groups is 2. The zero-order valence-electron chi connectivity index (χ0n) is 18.7. The number of ether oxygens (including phenoxy) is 2. The van der Waals surface area contributed by atoms with Gasteiger partial charge >= 0.3 is 0 Å². The first-order valence-corrected chi connectivity index (χ1v) is 10.9. The molecule has 0 bridgehead atoms. The fourth-order valence-corrected chi connectivity index (χ4v) is 3.34. The number of benzene rings is 1. The van der Waals surface area contributed by atoms with Gasteiger partial charge in [-0.05, 0) is 42.3 Å². The summed E-state index contributed by atoms with van der Waals surface area (Å²) in [4.78, 5) is 32.2. The summed E-state index contributed by atoms with van der Waals surface area (Å²) in [5.41, 5.74) is 0.558. The Balaban J connectivity index is 1.43. The molecule has 1 aliphatic rings. The van der Waals surface area contributed by atoms with Crippen LogP contribution in [0.3, 0.4) is 0 Å². The second-order valence-electron chi connectivity index (χ2n) is 7.61. The summed E-state index contributed by atoms with van der Waals surface area (Å²) < 4.78 is 24.8. The molecule has 1 aromatic heterocycles. The van der Waals surface area contributed by atoms with Crippen LogP contribution in [0.15, 0.2) is 48.8 Å². The van der Waals surface area contributed by atoms with E-state index in [0.717, 1.165) is 6.42 Å². The Kier molecular flexibility index (Phi) is 9.34. The van der Waals surface area contributed by atoms with Gasteiger partial charge in [-0.3, -0.25) is 19.5 Å². The van der Waals surface area contributed by atoms with Gasteiger partial charge in [0.2, 0.25) is 11.8 Å². The Morgan fingerprint density at radius 3 is 2.73 bits per heavy atom. The van der Waals surface area contributed by atoms with Crippen molar-refractivity contribution in [2.45, 2.75) is 6.42 Å². The quantitative estimate of drug-likeness (QED) is 0.436. The van der Waals surface area contributed by atoms with Gasteiger partial charge in [0.25, 0.3) is 0 Å². The zero-order valence-corrected chi connectivity index (χ0v) is 18.7. The highest BCUT2D eigenvalue weighted by molar-refractivity contribution is 5.91. The third-order valence-corrected chi connectivity index (χ3v) is 5.14. The molecule has 176 valence electrons. The molecule has 33 heavy (non-hydrogen) atoms. The summed E-state index contributed by atoms with van der Waals surface area (Å²) in [5, 5.41) is 2.86. The number of aromatic nitrogens is 1. The molecule has 0 aliphatic carbocycles. The summed E-state index contributed by atoms with van der Waals surface area (Å²) in [7, 11) is 1.63. The number of carbonyl (C=O) groups excluding carboxylic acids is 2. The molecule has 0 unspecified atom stereocenters. The van der Waals surface area contributed by atoms with Crippen LogP contribution in [-0.4, -0.2) is 79.6 Å². The fraction of sp³-hybridized carbons (Fsp3) is 0.375. The molecule has 2 heterocycles. The van der Waals surface area contributed by atoms with Gasteiger partial charge in [-0.25, -0.2) is 4.39 Å². The molecule has 1 aromatic carbocycles. The molecule has 0 atom stereocenters. The number of rotatable bonds is 10. The van der Waals surface area contributed by atoms with Gasteiger partial charge in [0.1, 0.15) is 5.75 Å². The van der Waals surface area contributed by atoms with Crippen molar-refractivity contribution >= 4 is 17.9 Å². The maximum absolute atomic E-state index is 14.4. The number of hydrogen-bond donors (Lipinski definition) is 1. The van der Waals surface area contributed by atoms with Crippen LogP contribution in [0.2, 0.25) is 0 Å².